The summed E-state index contributed by atoms with van der Waals surface area (Å²) in [6, 6.07) is 5.81. The van der Waals surface area contributed by atoms with Crippen molar-refractivity contribution in [3.8, 4) is 6.07 Å². The van der Waals surface area contributed by atoms with Gasteiger partial charge < -0.3 is 5.32 Å². The van der Waals surface area contributed by atoms with Crippen molar-refractivity contribution >= 4 is 11.8 Å². The van der Waals surface area contributed by atoms with Crippen LogP contribution >= 0.6 is 11.8 Å². The van der Waals surface area contributed by atoms with Crippen LogP contribution in [-0.4, -0.2) is 23.3 Å². The van der Waals surface area contributed by atoms with Crippen LogP contribution in [0.4, 0.5) is 0 Å². The number of pyridine rings is 1. The van der Waals surface area contributed by atoms with Crippen molar-refractivity contribution < 1.29 is 0 Å². The molecule has 3 nitrogen and oxygen atoms in total. The molecule has 1 aliphatic rings. The normalized spacial score (nSPS) is 20.9. The number of nitrogens with one attached hydrogen (secondary N) is 1. The molecule has 78 valence electrons. The van der Waals surface area contributed by atoms with Crippen molar-refractivity contribution in [1.29, 1.82) is 5.26 Å². The van der Waals surface area contributed by atoms with Gasteiger partial charge in [0.2, 0.25) is 0 Å². The predicted molar refractivity (Wildman–Crippen MR) is 60.7 cm³/mol. The molecule has 15 heavy (non-hydrogen) atoms. The Morgan fingerprint density at radius 1 is 1.60 bits per heavy atom. The van der Waals surface area contributed by atoms with Gasteiger partial charge in [0.05, 0.1) is 5.56 Å². The lowest BCUT2D eigenvalue weighted by atomic mass is 10.2. The van der Waals surface area contributed by atoms with Crippen LogP contribution in [0.1, 0.15) is 18.4 Å². The zero-order valence-corrected chi connectivity index (χ0v) is 9.26. The molecule has 2 heterocycles. The number of aromatic nitrogens is 1. The van der Waals surface area contributed by atoms with Crippen LogP contribution in [0.5, 0.6) is 0 Å². The zero-order chi connectivity index (χ0) is 10.5. The molecule has 4 heteroatoms. The summed E-state index contributed by atoms with van der Waals surface area (Å²) < 4.78 is 0. The van der Waals surface area contributed by atoms with E-state index in [1.54, 1.807) is 18.0 Å². The van der Waals surface area contributed by atoms with Crippen molar-refractivity contribution in [2.75, 3.05) is 13.1 Å². The topological polar surface area (TPSA) is 48.7 Å². The summed E-state index contributed by atoms with van der Waals surface area (Å²) in [7, 11) is 0. The summed E-state index contributed by atoms with van der Waals surface area (Å²) in [6.45, 7) is 2.14. The van der Waals surface area contributed by atoms with Gasteiger partial charge in [-0.05, 0) is 31.5 Å². The molecule has 1 unspecified atom stereocenters. The minimum absolute atomic E-state index is 0.556. The molecule has 0 spiro atoms. The van der Waals surface area contributed by atoms with E-state index in [4.69, 9.17) is 5.26 Å². The summed E-state index contributed by atoms with van der Waals surface area (Å²) in [5.41, 5.74) is 0.688. The molecule has 0 saturated carbocycles. The third-order valence-electron chi connectivity index (χ3n) is 2.42. The van der Waals surface area contributed by atoms with E-state index >= 15 is 0 Å². The largest absolute Gasteiger partial charge is 0.316 e. The average Bonchev–Trinajstić information content (AvgIpc) is 2.31. The predicted octanol–water partition coefficient (Wildman–Crippen LogP) is 1.80. The second kappa shape index (κ2) is 5.15. The Morgan fingerprint density at radius 3 is 3.27 bits per heavy atom. The van der Waals surface area contributed by atoms with Gasteiger partial charge in [-0.3, -0.25) is 0 Å². The number of hydrogen-bond donors (Lipinski definition) is 1. The third kappa shape index (κ3) is 2.71. The Morgan fingerprint density at radius 2 is 2.53 bits per heavy atom. The molecule has 1 aromatic rings. The highest BCUT2D eigenvalue weighted by Gasteiger charge is 2.16. The first kappa shape index (κ1) is 10.5. The standard InChI is InChI=1S/C11H13N3S/c12-7-9-3-1-6-14-11(9)15-10-4-2-5-13-8-10/h1,3,6,10,13H,2,4-5,8H2. The smallest absolute Gasteiger partial charge is 0.114 e. The van der Waals surface area contributed by atoms with Crippen LogP contribution in [0, 0.1) is 11.3 Å². The minimum atomic E-state index is 0.556. The fraction of sp³-hybridized carbons (Fsp3) is 0.455. The van der Waals surface area contributed by atoms with Gasteiger partial charge in [0.15, 0.2) is 0 Å². The Kier molecular flexibility index (Phi) is 3.59. The second-order valence-corrected chi connectivity index (χ2v) is 4.84. The number of rotatable bonds is 2. The van der Waals surface area contributed by atoms with Crippen molar-refractivity contribution in [2.45, 2.75) is 23.1 Å². The highest BCUT2D eigenvalue weighted by atomic mass is 32.2. The van der Waals surface area contributed by atoms with Gasteiger partial charge in [-0.25, -0.2) is 4.98 Å². The van der Waals surface area contributed by atoms with Crippen LogP contribution in [0.25, 0.3) is 0 Å². The van der Waals surface area contributed by atoms with E-state index in [2.05, 4.69) is 16.4 Å². The Bertz CT molecular complexity index is 366. The van der Waals surface area contributed by atoms with Gasteiger partial charge >= 0.3 is 0 Å². The summed E-state index contributed by atoms with van der Waals surface area (Å²) in [5, 5.41) is 13.7. The Labute approximate surface area is 93.9 Å². The van der Waals surface area contributed by atoms with Gasteiger partial charge in [0.25, 0.3) is 0 Å². The third-order valence-corrected chi connectivity index (χ3v) is 3.71. The fourth-order valence-corrected chi connectivity index (χ4v) is 2.81. The van der Waals surface area contributed by atoms with E-state index in [1.807, 2.05) is 12.1 Å². The Hall–Kier alpha value is -1.05. The first-order valence-corrected chi connectivity index (χ1v) is 6.00. The number of nitrogens with zero attached hydrogens (tertiary/aromatic N) is 2. The molecule has 2 rings (SSSR count). The van der Waals surface area contributed by atoms with Gasteiger partial charge in [-0.1, -0.05) is 0 Å². The lowest BCUT2D eigenvalue weighted by Gasteiger charge is -2.21. The average molecular weight is 219 g/mol. The first-order chi connectivity index (χ1) is 7.40. The molecule has 0 aliphatic carbocycles. The summed E-state index contributed by atoms with van der Waals surface area (Å²) >= 11 is 1.72. The summed E-state index contributed by atoms with van der Waals surface area (Å²) in [6.07, 6.45) is 4.17. The molecule has 1 aromatic heterocycles. The van der Waals surface area contributed by atoms with E-state index in [-0.39, 0.29) is 0 Å². The van der Waals surface area contributed by atoms with Crippen LogP contribution in [0.15, 0.2) is 23.4 Å². The van der Waals surface area contributed by atoms with E-state index in [9.17, 15) is 0 Å². The lowest BCUT2D eigenvalue weighted by molar-refractivity contribution is 0.531. The molecule has 1 saturated heterocycles. The highest BCUT2D eigenvalue weighted by molar-refractivity contribution is 8.00. The first-order valence-electron chi connectivity index (χ1n) is 5.12. The second-order valence-electron chi connectivity index (χ2n) is 3.55. The van der Waals surface area contributed by atoms with E-state index in [0.29, 0.717) is 10.8 Å². The van der Waals surface area contributed by atoms with E-state index in [1.165, 1.54) is 12.8 Å². The molecule has 1 aliphatic heterocycles. The van der Waals surface area contributed by atoms with Gasteiger partial charge in [0.1, 0.15) is 11.1 Å². The molecule has 1 fully saturated rings. The van der Waals surface area contributed by atoms with Crippen LogP contribution in [0.3, 0.4) is 0 Å². The number of thioether (sulfide) groups is 1. The quantitative estimate of drug-likeness (QED) is 0.824. The van der Waals surface area contributed by atoms with Gasteiger partial charge in [-0.2, -0.15) is 5.26 Å². The lowest BCUT2D eigenvalue weighted by Crippen LogP contribution is -2.31. The zero-order valence-electron chi connectivity index (χ0n) is 8.44. The van der Waals surface area contributed by atoms with Crippen molar-refractivity contribution in [3.63, 3.8) is 0 Å². The van der Waals surface area contributed by atoms with E-state index < -0.39 is 0 Å². The number of nitriles is 1. The highest BCUT2D eigenvalue weighted by Crippen LogP contribution is 2.27. The maximum Gasteiger partial charge on any atom is 0.114 e. The maximum absolute atomic E-state index is 8.93. The fourth-order valence-electron chi connectivity index (χ4n) is 1.65. The maximum atomic E-state index is 8.93. The molecule has 0 radical (unpaired) electrons. The van der Waals surface area contributed by atoms with E-state index in [0.717, 1.165) is 18.1 Å². The molecule has 1 atom stereocenters. The number of hydrogen-bond acceptors (Lipinski definition) is 4. The molecule has 0 amide bonds. The molecular formula is C11H13N3S. The van der Waals surface area contributed by atoms with Gasteiger partial charge in [0, 0.05) is 18.0 Å². The molecular weight excluding hydrogens is 206 g/mol. The van der Waals surface area contributed by atoms with Gasteiger partial charge in [-0.15, -0.1) is 11.8 Å². The molecule has 1 N–H and O–H groups in total. The Balaban J connectivity index is 2.06. The van der Waals surface area contributed by atoms with Crippen molar-refractivity contribution in [3.05, 3.63) is 23.9 Å². The summed E-state index contributed by atoms with van der Waals surface area (Å²) in [5.74, 6) is 0. The SMILES string of the molecule is N#Cc1cccnc1SC1CCCNC1. The van der Waals surface area contributed by atoms with Crippen LogP contribution < -0.4 is 5.32 Å². The minimum Gasteiger partial charge on any atom is -0.316 e. The monoisotopic (exact) mass is 219 g/mol. The molecule has 0 bridgehead atoms. The van der Waals surface area contributed by atoms with Crippen molar-refractivity contribution in [2.24, 2.45) is 0 Å². The number of piperidine rings is 1. The summed E-state index contributed by atoms with van der Waals surface area (Å²) in [4.78, 5) is 4.26. The van der Waals surface area contributed by atoms with Crippen molar-refractivity contribution in [1.82, 2.24) is 10.3 Å². The van der Waals surface area contributed by atoms with Crippen LogP contribution in [-0.2, 0) is 0 Å². The molecule has 0 aromatic carbocycles. The van der Waals surface area contributed by atoms with Crippen LogP contribution in [0.2, 0.25) is 0 Å².